The van der Waals surface area contributed by atoms with E-state index in [1.807, 2.05) is 6.07 Å². The Hall–Kier alpha value is -0.630. The van der Waals surface area contributed by atoms with Crippen LogP contribution in [0.25, 0.3) is 0 Å². The van der Waals surface area contributed by atoms with Crippen molar-refractivity contribution in [2.45, 2.75) is 38.0 Å². The average Bonchev–Trinajstić information content (AvgIpc) is 2.01. The summed E-state index contributed by atoms with van der Waals surface area (Å²) in [5, 5.41) is 0. The van der Waals surface area contributed by atoms with Gasteiger partial charge in [-0.05, 0) is 24.0 Å². The van der Waals surface area contributed by atoms with Gasteiger partial charge in [-0.2, -0.15) is 0 Å². The molecule has 1 rings (SSSR count). The van der Waals surface area contributed by atoms with Gasteiger partial charge in [-0.15, -0.1) is 12.6 Å². The minimum atomic E-state index is 0.0921. The fraction of sp³-hybridized carbons (Fsp3) is 0.500. The predicted octanol–water partition coefficient (Wildman–Crippen LogP) is 3.59. The number of methoxy groups -OCH3 is 1. The first-order valence-electron chi connectivity index (χ1n) is 4.74. The van der Waals surface area contributed by atoms with Crippen LogP contribution in [-0.4, -0.2) is 7.11 Å². The van der Waals surface area contributed by atoms with Crippen molar-refractivity contribution in [2.75, 3.05) is 7.11 Å². The van der Waals surface area contributed by atoms with E-state index < -0.39 is 0 Å². The van der Waals surface area contributed by atoms with Gasteiger partial charge in [-0.25, -0.2) is 0 Å². The third-order valence-electron chi connectivity index (χ3n) is 2.23. The molecule has 1 aromatic carbocycles. The third kappa shape index (κ3) is 2.24. The molecule has 0 aromatic heterocycles. The molecule has 2 heteroatoms. The number of hydrogen-bond donors (Lipinski definition) is 1. The molecule has 0 fully saturated rings. The van der Waals surface area contributed by atoms with Crippen molar-refractivity contribution in [3.8, 4) is 5.75 Å². The second kappa shape index (κ2) is 3.85. The Balaban J connectivity index is 3.40. The lowest BCUT2D eigenvalue weighted by Crippen LogP contribution is -2.13. The van der Waals surface area contributed by atoms with Crippen LogP contribution in [0.1, 0.15) is 31.9 Å². The van der Waals surface area contributed by atoms with E-state index in [1.54, 1.807) is 7.11 Å². The molecule has 0 spiro atoms. The van der Waals surface area contributed by atoms with E-state index >= 15 is 0 Å². The number of aryl methyl sites for hydroxylation is 1. The van der Waals surface area contributed by atoms with Gasteiger partial charge in [0.15, 0.2) is 0 Å². The molecule has 14 heavy (non-hydrogen) atoms. The zero-order valence-electron chi connectivity index (χ0n) is 9.51. The van der Waals surface area contributed by atoms with E-state index in [2.05, 4.69) is 46.4 Å². The molecule has 0 heterocycles. The molecule has 78 valence electrons. The molecule has 0 unspecified atom stereocenters. The lowest BCUT2D eigenvalue weighted by atomic mass is 9.85. The van der Waals surface area contributed by atoms with Crippen LogP contribution in [0, 0.1) is 6.92 Å². The number of hydrogen-bond acceptors (Lipinski definition) is 2. The molecule has 0 saturated carbocycles. The zero-order chi connectivity index (χ0) is 10.9. The second-order valence-corrected chi connectivity index (χ2v) is 5.10. The highest BCUT2D eigenvalue weighted by molar-refractivity contribution is 7.80. The van der Waals surface area contributed by atoms with Crippen LogP contribution < -0.4 is 4.74 Å². The summed E-state index contributed by atoms with van der Waals surface area (Å²) in [6.07, 6.45) is 0. The summed E-state index contributed by atoms with van der Waals surface area (Å²) >= 11 is 4.42. The normalized spacial score (nSPS) is 11.6. The van der Waals surface area contributed by atoms with Crippen LogP contribution in [0.3, 0.4) is 0 Å². The fourth-order valence-electron chi connectivity index (χ4n) is 1.53. The summed E-state index contributed by atoms with van der Waals surface area (Å²) in [5.74, 6) is 0.895. The first kappa shape index (κ1) is 11.4. The summed E-state index contributed by atoms with van der Waals surface area (Å²) in [6, 6.07) is 4.19. The van der Waals surface area contributed by atoms with E-state index in [4.69, 9.17) is 4.74 Å². The van der Waals surface area contributed by atoms with E-state index in [1.165, 1.54) is 11.1 Å². The Bertz CT molecular complexity index is 337. The van der Waals surface area contributed by atoms with Crippen molar-refractivity contribution in [2.24, 2.45) is 0 Å². The topological polar surface area (TPSA) is 9.23 Å². The average molecular weight is 210 g/mol. The highest BCUT2D eigenvalue weighted by Crippen LogP contribution is 2.36. The first-order chi connectivity index (χ1) is 6.36. The highest BCUT2D eigenvalue weighted by atomic mass is 32.1. The Morgan fingerprint density at radius 1 is 1.21 bits per heavy atom. The van der Waals surface area contributed by atoms with Gasteiger partial charge in [0.2, 0.25) is 0 Å². The minimum absolute atomic E-state index is 0.0921. The van der Waals surface area contributed by atoms with Gasteiger partial charge in [0.1, 0.15) is 5.75 Å². The van der Waals surface area contributed by atoms with Crippen LogP contribution in [0.4, 0.5) is 0 Å². The number of rotatable bonds is 1. The van der Waals surface area contributed by atoms with Gasteiger partial charge in [-0.3, -0.25) is 0 Å². The van der Waals surface area contributed by atoms with Crippen molar-refractivity contribution in [1.82, 2.24) is 0 Å². The molecule has 0 N–H and O–H groups in total. The quantitative estimate of drug-likeness (QED) is 0.697. The first-order valence-corrected chi connectivity index (χ1v) is 5.19. The molecule has 0 atom stereocenters. The van der Waals surface area contributed by atoms with Gasteiger partial charge in [0.25, 0.3) is 0 Å². The Morgan fingerprint density at radius 2 is 1.79 bits per heavy atom. The number of benzene rings is 1. The number of thiol groups is 1. The smallest absolute Gasteiger partial charge is 0.135 e. The molecule has 0 radical (unpaired) electrons. The van der Waals surface area contributed by atoms with Gasteiger partial charge >= 0.3 is 0 Å². The fourth-order valence-corrected chi connectivity index (χ4v) is 1.94. The van der Waals surface area contributed by atoms with Crippen molar-refractivity contribution >= 4 is 12.6 Å². The highest BCUT2D eigenvalue weighted by Gasteiger charge is 2.20. The lowest BCUT2D eigenvalue weighted by molar-refractivity contribution is 0.387. The zero-order valence-corrected chi connectivity index (χ0v) is 10.4. The molecule has 0 aliphatic rings. The van der Waals surface area contributed by atoms with E-state index in [-0.39, 0.29) is 5.41 Å². The van der Waals surface area contributed by atoms with Crippen LogP contribution in [-0.2, 0) is 5.41 Å². The minimum Gasteiger partial charge on any atom is -0.495 e. The summed E-state index contributed by atoms with van der Waals surface area (Å²) in [6.45, 7) is 8.61. The maximum absolute atomic E-state index is 5.38. The summed E-state index contributed by atoms with van der Waals surface area (Å²) in [5.41, 5.74) is 2.53. The lowest BCUT2D eigenvalue weighted by Gasteiger charge is -2.23. The summed E-state index contributed by atoms with van der Waals surface area (Å²) in [4.78, 5) is 0.914. The van der Waals surface area contributed by atoms with Gasteiger partial charge in [-0.1, -0.05) is 26.8 Å². The van der Waals surface area contributed by atoms with Crippen molar-refractivity contribution in [1.29, 1.82) is 0 Å². The van der Waals surface area contributed by atoms with Crippen LogP contribution in [0.5, 0.6) is 5.75 Å². The number of ether oxygens (including phenoxy) is 1. The third-order valence-corrected chi connectivity index (χ3v) is 2.56. The molecule has 0 bridgehead atoms. The Morgan fingerprint density at radius 3 is 2.21 bits per heavy atom. The molecule has 0 aliphatic heterocycles. The maximum Gasteiger partial charge on any atom is 0.135 e. The second-order valence-electron chi connectivity index (χ2n) is 4.61. The molecule has 0 saturated heterocycles. The monoisotopic (exact) mass is 210 g/mol. The summed E-state index contributed by atoms with van der Waals surface area (Å²) in [7, 11) is 1.69. The van der Waals surface area contributed by atoms with Crippen molar-refractivity contribution < 1.29 is 4.74 Å². The van der Waals surface area contributed by atoms with Gasteiger partial charge < -0.3 is 4.74 Å². The summed E-state index contributed by atoms with van der Waals surface area (Å²) < 4.78 is 5.38. The Kier molecular flexibility index (Phi) is 3.15. The SMILES string of the molecule is COc1c(S)cc(C)cc1C(C)(C)C. The molecule has 0 amide bonds. The van der Waals surface area contributed by atoms with Crippen molar-refractivity contribution in [3.63, 3.8) is 0 Å². The van der Waals surface area contributed by atoms with E-state index in [0.717, 1.165) is 10.6 Å². The largest absolute Gasteiger partial charge is 0.495 e. The van der Waals surface area contributed by atoms with Gasteiger partial charge in [0, 0.05) is 10.5 Å². The molecular formula is C12H18OS. The van der Waals surface area contributed by atoms with E-state index in [9.17, 15) is 0 Å². The maximum atomic E-state index is 5.38. The molecule has 1 aromatic rings. The van der Waals surface area contributed by atoms with Crippen LogP contribution in [0.15, 0.2) is 17.0 Å². The van der Waals surface area contributed by atoms with Crippen LogP contribution in [0.2, 0.25) is 0 Å². The molecule has 1 nitrogen and oxygen atoms in total. The molecule has 0 aliphatic carbocycles. The van der Waals surface area contributed by atoms with E-state index in [0.29, 0.717) is 0 Å². The van der Waals surface area contributed by atoms with Crippen LogP contribution >= 0.6 is 12.6 Å². The standard InChI is InChI=1S/C12H18OS/c1-8-6-9(12(2,3)4)11(13-5)10(14)7-8/h6-7,14H,1-5H3. The predicted molar refractivity (Wildman–Crippen MR) is 63.7 cm³/mol. The molecular weight excluding hydrogens is 192 g/mol. The Labute approximate surface area is 91.9 Å². The van der Waals surface area contributed by atoms with Gasteiger partial charge in [0.05, 0.1) is 7.11 Å². The van der Waals surface area contributed by atoms with Crippen molar-refractivity contribution in [3.05, 3.63) is 23.3 Å².